The van der Waals surface area contributed by atoms with Crippen LogP contribution >= 0.6 is 0 Å². The number of hydrogen-bond acceptors (Lipinski definition) is 3. The number of methoxy groups -OCH3 is 1. The Labute approximate surface area is 131 Å². The minimum absolute atomic E-state index is 0.00685. The van der Waals surface area contributed by atoms with Gasteiger partial charge in [0, 0.05) is 26.6 Å². The summed E-state index contributed by atoms with van der Waals surface area (Å²) >= 11 is 0. The quantitative estimate of drug-likeness (QED) is 0.866. The molecule has 1 aliphatic heterocycles. The molecule has 0 spiro atoms. The van der Waals surface area contributed by atoms with Crippen molar-refractivity contribution in [1.29, 1.82) is 0 Å². The van der Waals surface area contributed by atoms with Crippen LogP contribution in [0.1, 0.15) is 24.5 Å². The van der Waals surface area contributed by atoms with Crippen molar-refractivity contribution >= 4 is 11.8 Å². The summed E-state index contributed by atoms with van der Waals surface area (Å²) in [4.78, 5) is 26.0. The minimum Gasteiger partial charge on any atom is -0.383 e. The largest absolute Gasteiger partial charge is 0.383 e. The lowest BCUT2D eigenvalue weighted by Gasteiger charge is -2.23. The van der Waals surface area contributed by atoms with Crippen molar-refractivity contribution < 1.29 is 14.3 Å². The molecule has 2 rings (SSSR count). The van der Waals surface area contributed by atoms with E-state index in [0.29, 0.717) is 19.7 Å². The van der Waals surface area contributed by atoms with Gasteiger partial charge in [0.1, 0.15) is 0 Å². The summed E-state index contributed by atoms with van der Waals surface area (Å²) in [6, 6.07) is 8.06. The number of aryl methyl sites for hydroxylation is 1. The second-order valence-electron chi connectivity index (χ2n) is 5.95. The van der Waals surface area contributed by atoms with Crippen LogP contribution in [0.2, 0.25) is 0 Å². The number of carbonyl (C=O) groups is 2. The lowest BCUT2D eigenvalue weighted by Crippen LogP contribution is -2.38. The normalized spacial score (nSPS) is 19.3. The molecule has 0 bridgehead atoms. The van der Waals surface area contributed by atoms with Crippen LogP contribution in [-0.2, 0) is 20.9 Å². The molecule has 5 nitrogen and oxygen atoms in total. The SMILES string of the molecule is COC[C@H](C)N1C[C@@H](C(=O)NCc2ccc(C)cc2)CC1=O. The van der Waals surface area contributed by atoms with Crippen molar-refractivity contribution in [2.75, 3.05) is 20.3 Å². The number of hydrogen-bond donors (Lipinski definition) is 1. The molecule has 0 aliphatic carbocycles. The molecule has 1 aromatic carbocycles. The average Bonchev–Trinajstić information content (AvgIpc) is 2.89. The maximum atomic E-state index is 12.2. The Hall–Kier alpha value is -1.88. The molecule has 22 heavy (non-hydrogen) atoms. The van der Waals surface area contributed by atoms with Gasteiger partial charge in [-0.2, -0.15) is 0 Å². The van der Waals surface area contributed by atoms with Gasteiger partial charge in [-0.15, -0.1) is 0 Å². The molecular weight excluding hydrogens is 280 g/mol. The van der Waals surface area contributed by atoms with E-state index in [4.69, 9.17) is 4.74 Å². The van der Waals surface area contributed by atoms with Crippen LogP contribution in [0.3, 0.4) is 0 Å². The van der Waals surface area contributed by atoms with Crippen LogP contribution in [-0.4, -0.2) is 43.0 Å². The van der Waals surface area contributed by atoms with Gasteiger partial charge < -0.3 is 15.0 Å². The number of rotatable bonds is 6. The number of carbonyl (C=O) groups excluding carboxylic acids is 2. The molecule has 5 heteroatoms. The number of amides is 2. The second-order valence-corrected chi connectivity index (χ2v) is 5.95. The average molecular weight is 304 g/mol. The van der Waals surface area contributed by atoms with Crippen LogP contribution in [0.4, 0.5) is 0 Å². The zero-order valence-corrected chi connectivity index (χ0v) is 13.5. The minimum atomic E-state index is -0.266. The highest BCUT2D eigenvalue weighted by atomic mass is 16.5. The predicted octanol–water partition coefficient (Wildman–Crippen LogP) is 1.49. The van der Waals surface area contributed by atoms with E-state index >= 15 is 0 Å². The highest BCUT2D eigenvalue weighted by Gasteiger charge is 2.36. The summed E-state index contributed by atoms with van der Waals surface area (Å²) in [5, 5.41) is 2.92. The molecule has 1 aliphatic rings. The van der Waals surface area contributed by atoms with E-state index in [-0.39, 0.29) is 30.2 Å². The molecule has 2 atom stereocenters. The third-order valence-corrected chi connectivity index (χ3v) is 4.06. The topological polar surface area (TPSA) is 58.6 Å². The van der Waals surface area contributed by atoms with Crippen molar-refractivity contribution in [2.24, 2.45) is 5.92 Å². The first-order chi connectivity index (χ1) is 10.5. The zero-order chi connectivity index (χ0) is 16.1. The van der Waals surface area contributed by atoms with Crippen molar-refractivity contribution in [2.45, 2.75) is 32.9 Å². The van der Waals surface area contributed by atoms with Crippen molar-refractivity contribution in [3.05, 3.63) is 35.4 Å². The van der Waals surface area contributed by atoms with Crippen LogP contribution in [0.5, 0.6) is 0 Å². The van der Waals surface area contributed by atoms with Gasteiger partial charge in [0.25, 0.3) is 0 Å². The van der Waals surface area contributed by atoms with E-state index in [1.54, 1.807) is 12.0 Å². The number of ether oxygens (including phenoxy) is 1. The van der Waals surface area contributed by atoms with Gasteiger partial charge in [-0.25, -0.2) is 0 Å². The van der Waals surface area contributed by atoms with Gasteiger partial charge in [-0.1, -0.05) is 29.8 Å². The number of benzene rings is 1. The molecule has 0 saturated carbocycles. The van der Waals surface area contributed by atoms with Gasteiger partial charge in [0.05, 0.1) is 18.6 Å². The van der Waals surface area contributed by atoms with E-state index in [9.17, 15) is 9.59 Å². The smallest absolute Gasteiger partial charge is 0.225 e. The number of likely N-dealkylation sites (tertiary alicyclic amines) is 1. The first-order valence-corrected chi connectivity index (χ1v) is 7.63. The molecule has 2 amide bonds. The van der Waals surface area contributed by atoms with Crippen LogP contribution < -0.4 is 5.32 Å². The third-order valence-electron chi connectivity index (χ3n) is 4.06. The summed E-state index contributed by atoms with van der Waals surface area (Å²) < 4.78 is 5.08. The summed E-state index contributed by atoms with van der Waals surface area (Å²) in [5.41, 5.74) is 2.26. The highest BCUT2D eigenvalue weighted by molar-refractivity contribution is 5.89. The fraction of sp³-hybridized carbons (Fsp3) is 0.529. The highest BCUT2D eigenvalue weighted by Crippen LogP contribution is 2.20. The van der Waals surface area contributed by atoms with Gasteiger partial charge in [-0.3, -0.25) is 9.59 Å². The van der Waals surface area contributed by atoms with Crippen molar-refractivity contribution in [1.82, 2.24) is 10.2 Å². The maximum Gasteiger partial charge on any atom is 0.225 e. The molecule has 1 aromatic rings. The van der Waals surface area contributed by atoms with Crippen LogP contribution in [0.15, 0.2) is 24.3 Å². The van der Waals surface area contributed by atoms with Gasteiger partial charge in [0.2, 0.25) is 11.8 Å². The van der Waals surface area contributed by atoms with Crippen LogP contribution in [0, 0.1) is 12.8 Å². The fourth-order valence-corrected chi connectivity index (χ4v) is 2.70. The van der Waals surface area contributed by atoms with Crippen molar-refractivity contribution in [3.63, 3.8) is 0 Å². The van der Waals surface area contributed by atoms with Crippen LogP contribution in [0.25, 0.3) is 0 Å². The molecule has 0 aromatic heterocycles. The monoisotopic (exact) mass is 304 g/mol. The lowest BCUT2D eigenvalue weighted by atomic mass is 10.1. The molecule has 1 saturated heterocycles. The molecule has 120 valence electrons. The molecule has 0 unspecified atom stereocenters. The summed E-state index contributed by atoms with van der Waals surface area (Å²) in [6.07, 6.45) is 0.286. The molecule has 1 N–H and O–H groups in total. The Morgan fingerprint density at radius 1 is 1.41 bits per heavy atom. The van der Waals surface area contributed by atoms with E-state index in [2.05, 4.69) is 5.32 Å². The Morgan fingerprint density at radius 3 is 2.73 bits per heavy atom. The Morgan fingerprint density at radius 2 is 2.09 bits per heavy atom. The van der Waals surface area contributed by atoms with E-state index in [1.807, 2.05) is 38.1 Å². The summed E-state index contributed by atoms with van der Waals surface area (Å²) in [6.45, 7) is 5.43. The lowest BCUT2D eigenvalue weighted by molar-refractivity contribution is -0.130. The molecule has 0 radical (unpaired) electrons. The van der Waals surface area contributed by atoms with Gasteiger partial charge in [-0.05, 0) is 19.4 Å². The standard InChI is InChI=1S/C17H24N2O3/c1-12-4-6-14(7-5-12)9-18-17(21)15-8-16(20)19(10-15)13(2)11-22-3/h4-7,13,15H,8-11H2,1-3H3,(H,18,21)/t13-,15-/m0/s1. The number of nitrogens with zero attached hydrogens (tertiary/aromatic N) is 1. The second kappa shape index (κ2) is 7.40. The third kappa shape index (κ3) is 4.07. The summed E-state index contributed by atoms with van der Waals surface area (Å²) in [7, 11) is 1.61. The van der Waals surface area contributed by atoms with Gasteiger partial charge >= 0.3 is 0 Å². The predicted molar refractivity (Wildman–Crippen MR) is 84.2 cm³/mol. The Bertz CT molecular complexity index is 527. The zero-order valence-electron chi connectivity index (χ0n) is 13.5. The Balaban J connectivity index is 1.85. The van der Waals surface area contributed by atoms with E-state index in [0.717, 1.165) is 5.56 Å². The van der Waals surface area contributed by atoms with E-state index in [1.165, 1.54) is 5.56 Å². The van der Waals surface area contributed by atoms with Gasteiger partial charge in [0.15, 0.2) is 0 Å². The molecular formula is C17H24N2O3. The fourth-order valence-electron chi connectivity index (χ4n) is 2.70. The maximum absolute atomic E-state index is 12.2. The Kier molecular flexibility index (Phi) is 5.55. The first kappa shape index (κ1) is 16.5. The summed E-state index contributed by atoms with van der Waals surface area (Å²) in [5.74, 6) is -0.293. The molecule has 1 heterocycles. The van der Waals surface area contributed by atoms with Crippen molar-refractivity contribution in [3.8, 4) is 0 Å². The first-order valence-electron chi connectivity index (χ1n) is 7.63. The van der Waals surface area contributed by atoms with E-state index < -0.39 is 0 Å². The molecule has 1 fully saturated rings. The number of nitrogens with one attached hydrogen (secondary N) is 1.